The molecule has 0 saturated carbocycles. The molecule has 4 heteroatoms. The van der Waals surface area contributed by atoms with Gasteiger partial charge >= 0.3 is 0 Å². The molecule has 0 radical (unpaired) electrons. The molecule has 2 N–H and O–H groups in total. The first-order valence-corrected chi connectivity index (χ1v) is 5.44. The number of nitrogens with two attached hydrogens (primary N) is 1. The highest BCUT2D eigenvalue weighted by atomic mass is 32.1. The molecule has 1 aromatic rings. The van der Waals surface area contributed by atoms with Crippen LogP contribution in [0.4, 0.5) is 5.13 Å². The van der Waals surface area contributed by atoms with Gasteiger partial charge in [-0.05, 0) is 25.2 Å². The van der Waals surface area contributed by atoms with Gasteiger partial charge in [0, 0.05) is 24.3 Å². The maximum Gasteiger partial charge on any atom is 0.180 e. The zero-order valence-corrected chi connectivity index (χ0v) is 8.35. The molecule has 1 atom stereocenters. The molecule has 0 spiro atoms. The summed E-state index contributed by atoms with van der Waals surface area (Å²) in [6.07, 6.45) is 5.43. The van der Waals surface area contributed by atoms with Gasteiger partial charge < -0.3 is 10.5 Å². The largest absolute Gasteiger partial charge is 0.381 e. The number of rotatable bonds is 2. The fourth-order valence-electron chi connectivity index (χ4n) is 1.67. The molecule has 72 valence electrons. The van der Waals surface area contributed by atoms with Crippen molar-refractivity contribution < 1.29 is 4.74 Å². The highest BCUT2D eigenvalue weighted by Gasteiger charge is 2.15. The van der Waals surface area contributed by atoms with Crippen LogP contribution in [0.15, 0.2) is 6.20 Å². The monoisotopic (exact) mass is 198 g/mol. The molecule has 0 amide bonds. The van der Waals surface area contributed by atoms with Gasteiger partial charge in [-0.15, -0.1) is 11.3 Å². The van der Waals surface area contributed by atoms with Crippen LogP contribution in [0.2, 0.25) is 0 Å². The summed E-state index contributed by atoms with van der Waals surface area (Å²) < 4.78 is 5.41. The number of anilines is 1. The number of hydrogen-bond donors (Lipinski definition) is 1. The van der Waals surface area contributed by atoms with Crippen molar-refractivity contribution >= 4 is 16.5 Å². The van der Waals surface area contributed by atoms with Gasteiger partial charge in [0.15, 0.2) is 5.13 Å². The van der Waals surface area contributed by atoms with Crippen LogP contribution in [0.3, 0.4) is 0 Å². The molecule has 1 unspecified atom stereocenters. The van der Waals surface area contributed by atoms with Crippen LogP contribution in [0, 0.1) is 5.92 Å². The molecule has 0 bridgehead atoms. The average molecular weight is 198 g/mol. The predicted octanol–water partition coefficient (Wildman–Crippen LogP) is 1.69. The maximum atomic E-state index is 5.56. The van der Waals surface area contributed by atoms with Crippen LogP contribution in [-0.2, 0) is 11.2 Å². The molecule has 2 rings (SSSR count). The SMILES string of the molecule is Nc1ncc(CC2CCCOC2)s1. The van der Waals surface area contributed by atoms with Gasteiger partial charge in [0.25, 0.3) is 0 Å². The van der Waals surface area contributed by atoms with Gasteiger partial charge in [-0.3, -0.25) is 0 Å². The Bertz CT molecular complexity index is 268. The average Bonchev–Trinajstić information content (AvgIpc) is 2.53. The van der Waals surface area contributed by atoms with E-state index >= 15 is 0 Å². The normalized spacial score (nSPS) is 23.2. The molecule has 3 nitrogen and oxygen atoms in total. The van der Waals surface area contributed by atoms with E-state index in [0.29, 0.717) is 11.0 Å². The lowest BCUT2D eigenvalue weighted by Crippen LogP contribution is -2.18. The number of thiazole rings is 1. The molecule has 13 heavy (non-hydrogen) atoms. The molecule has 1 fully saturated rings. The molecule has 1 aliphatic heterocycles. The van der Waals surface area contributed by atoms with E-state index in [-0.39, 0.29) is 0 Å². The Labute approximate surface area is 81.9 Å². The second-order valence-electron chi connectivity index (χ2n) is 3.45. The summed E-state index contributed by atoms with van der Waals surface area (Å²) in [4.78, 5) is 5.32. The molecule has 1 aromatic heterocycles. The lowest BCUT2D eigenvalue weighted by atomic mass is 9.98. The molecule has 1 saturated heterocycles. The first-order chi connectivity index (χ1) is 6.34. The van der Waals surface area contributed by atoms with E-state index in [0.717, 1.165) is 19.6 Å². The number of nitrogens with zero attached hydrogens (tertiary/aromatic N) is 1. The third-order valence-corrected chi connectivity index (χ3v) is 3.16. The minimum atomic E-state index is 0.673. The van der Waals surface area contributed by atoms with Gasteiger partial charge in [-0.2, -0.15) is 0 Å². The van der Waals surface area contributed by atoms with E-state index in [1.807, 2.05) is 6.20 Å². The Morgan fingerprint density at radius 1 is 1.69 bits per heavy atom. The second-order valence-corrected chi connectivity index (χ2v) is 4.60. The summed E-state index contributed by atoms with van der Waals surface area (Å²) >= 11 is 1.59. The Morgan fingerprint density at radius 2 is 2.62 bits per heavy atom. The van der Waals surface area contributed by atoms with Crippen LogP contribution in [0.25, 0.3) is 0 Å². The minimum absolute atomic E-state index is 0.673. The Kier molecular flexibility index (Phi) is 2.80. The van der Waals surface area contributed by atoms with Crippen molar-refractivity contribution in [3.05, 3.63) is 11.1 Å². The third-order valence-electron chi connectivity index (χ3n) is 2.32. The summed E-state index contributed by atoms with van der Waals surface area (Å²) in [6.45, 7) is 1.83. The van der Waals surface area contributed by atoms with Crippen LogP contribution < -0.4 is 5.73 Å². The summed E-state index contributed by atoms with van der Waals surface area (Å²) in [5.41, 5.74) is 5.56. The highest BCUT2D eigenvalue weighted by Crippen LogP contribution is 2.23. The van der Waals surface area contributed by atoms with Crippen molar-refractivity contribution in [2.45, 2.75) is 19.3 Å². The lowest BCUT2D eigenvalue weighted by Gasteiger charge is -2.20. The predicted molar refractivity (Wildman–Crippen MR) is 53.8 cm³/mol. The molecular formula is C9H14N2OS. The van der Waals surface area contributed by atoms with Crippen LogP contribution in [0.1, 0.15) is 17.7 Å². The smallest absolute Gasteiger partial charge is 0.180 e. The van der Waals surface area contributed by atoms with Crippen molar-refractivity contribution in [1.29, 1.82) is 0 Å². The first-order valence-electron chi connectivity index (χ1n) is 4.62. The van der Waals surface area contributed by atoms with Crippen molar-refractivity contribution in [3.63, 3.8) is 0 Å². The molecule has 2 heterocycles. The van der Waals surface area contributed by atoms with Gasteiger partial charge in [-0.1, -0.05) is 0 Å². The number of ether oxygens (including phenoxy) is 1. The van der Waals surface area contributed by atoms with Crippen molar-refractivity contribution in [3.8, 4) is 0 Å². The third kappa shape index (κ3) is 2.42. The van der Waals surface area contributed by atoms with E-state index in [1.54, 1.807) is 11.3 Å². The standard InChI is InChI=1S/C9H14N2OS/c10-9-11-5-8(13-9)4-7-2-1-3-12-6-7/h5,7H,1-4,6H2,(H2,10,11). The summed E-state index contributed by atoms with van der Waals surface area (Å²) in [6, 6.07) is 0. The van der Waals surface area contributed by atoms with Gasteiger partial charge in [0.2, 0.25) is 0 Å². The van der Waals surface area contributed by atoms with Crippen molar-refractivity contribution in [2.24, 2.45) is 5.92 Å². The molecular weight excluding hydrogens is 184 g/mol. The second kappa shape index (κ2) is 4.07. The minimum Gasteiger partial charge on any atom is -0.381 e. The number of nitrogen functional groups attached to an aromatic ring is 1. The lowest BCUT2D eigenvalue weighted by molar-refractivity contribution is 0.0553. The summed E-state index contributed by atoms with van der Waals surface area (Å²) in [5, 5.41) is 0.673. The van der Waals surface area contributed by atoms with E-state index in [4.69, 9.17) is 10.5 Å². The van der Waals surface area contributed by atoms with Gasteiger partial charge in [0.05, 0.1) is 0 Å². The Balaban J connectivity index is 1.89. The van der Waals surface area contributed by atoms with Crippen molar-refractivity contribution in [2.75, 3.05) is 18.9 Å². The molecule has 0 aliphatic carbocycles. The van der Waals surface area contributed by atoms with E-state index < -0.39 is 0 Å². The molecule has 0 aromatic carbocycles. The summed E-state index contributed by atoms with van der Waals surface area (Å²) in [7, 11) is 0. The maximum absolute atomic E-state index is 5.56. The highest BCUT2D eigenvalue weighted by molar-refractivity contribution is 7.15. The first kappa shape index (κ1) is 8.97. The zero-order chi connectivity index (χ0) is 9.10. The van der Waals surface area contributed by atoms with Crippen LogP contribution >= 0.6 is 11.3 Å². The quantitative estimate of drug-likeness (QED) is 0.786. The van der Waals surface area contributed by atoms with Crippen molar-refractivity contribution in [1.82, 2.24) is 4.98 Å². The summed E-state index contributed by atoms with van der Waals surface area (Å²) in [5.74, 6) is 0.675. The fraction of sp³-hybridized carbons (Fsp3) is 0.667. The Morgan fingerprint density at radius 3 is 3.23 bits per heavy atom. The van der Waals surface area contributed by atoms with E-state index in [2.05, 4.69) is 4.98 Å². The van der Waals surface area contributed by atoms with Gasteiger partial charge in [-0.25, -0.2) is 4.98 Å². The van der Waals surface area contributed by atoms with E-state index in [9.17, 15) is 0 Å². The number of aromatic nitrogens is 1. The number of hydrogen-bond acceptors (Lipinski definition) is 4. The van der Waals surface area contributed by atoms with Gasteiger partial charge in [0.1, 0.15) is 0 Å². The van der Waals surface area contributed by atoms with Crippen LogP contribution in [-0.4, -0.2) is 18.2 Å². The zero-order valence-electron chi connectivity index (χ0n) is 7.53. The Hall–Kier alpha value is -0.610. The fourth-order valence-corrected chi connectivity index (χ4v) is 2.47. The van der Waals surface area contributed by atoms with Crippen LogP contribution in [0.5, 0.6) is 0 Å². The molecule has 1 aliphatic rings. The van der Waals surface area contributed by atoms with E-state index in [1.165, 1.54) is 17.7 Å². The topological polar surface area (TPSA) is 48.1 Å².